The van der Waals surface area contributed by atoms with E-state index in [0.717, 1.165) is 0 Å². The number of alkyl halides is 1. The zero-order chi connectivity index (χ0) is 30.1. The van der Waals surface area contributed by atoms with Crippen LogP contribution in [0.1, 0.15) is 64.7 Å². The van der Waals surface area contributed by atoms with Crippen LogP contribution in [0.4, 0.5) is 4.39 Å². The summed E-state index contributed by atoms with van der Waals surface area (Å²) >= 11 is 0. The molecule has 41 heavy (non-hydrogen) atoms. The number of esters is 3. The minimum Gasteiger partial charge on any atom is -0.458 e. The van der Waals surface area contributed by atoms with Crippen molar-refractivity contribution in [2.75, 3.05) is 6.61 Å². The molecule has 10 heteroatoms. The van der Waals surface area contributed by atoms with Crippen molar-refractivity contribution in [2.24, 2.45) is 22.7 Å². The first-order valence-electron chi connectivity index (χ1n) is 14.0. The second-order valence-electron chi connectivity index (χ2n) is 12.6. The van der Waals surface area contributed by atoms with E-state index in [4.69, 9.17) is 18.9 Å². The zero-order valence-electron chi connectivity index (χ0n) is 24.1. The minimum atomic E-state index is -1.92. The van der Waals surface area contributed by atoms with E-state index in [-0.39, 0.29) is 25.0 Å². The van der Waals surface area contributed by atoms with Gasteiger partial charge in [0, 0.05) is 26.2 Å². The van der Waals surface area contributed by atoms with Crippen LogP contribution in [0.25, 0.3) is 0 Å². The molecule has 0 radical (unpaired) electrons. The number of aliphatic hydroxyl groups excluding tert-OH is 1. The Bertz CT molecular complexity index is 1310. The van der Waals surface area contributed by atoms with Gasteiger partial charge in [0.25, 0.3) is 0 Å². The maximum absolute atomic E-state index is 16.5. The number of aliphatic hydroxyl groups is 1. The molecule has 3 fully saturated rings. The van der Waals surface area contributed by atoms with Gasteiger partial charge in [-0.1, -0.05) is 32.0 Å². The Morgan fingerprint density at radius 1 is 1.02 bits per heavy atom. The molecular weight excluding hydrogens is 535 g/mol. The second kappa shape index (κ2) is 10.0. The van der Waals surface area contributed by atoms with Crippen LogP contribution in [0.15, 0.2) is 41.5 Å². The molecule has 0 spiro atoms. The molecule has 222 valence electrons. The lowest BCUT2D eigenvalue weighted by molar-refractivity contribution is -0.330. The van der Waals surface area contributed by atoms with Gasteiger partial charge >= 0.3 is 17.9 Å². The van der Waals surface area contributed by atoms with Gasteiger partial charge < -0.3 is 24.1 Å². The summed E-state index contributed by atoms with van der Waals surface area (Å²) in [5.41, 5.74) is -3.31. The predicted molar refractivity (Wildman–Crippen MR) is 142 cm³/mol. The fourth-order valence-electron chi connectivity index (χ4n) is 7.94. The van der Waals surface area contributed by atoms with Gasteiger partial charge in [0.1, 0.15) is 18.4 Å². The van der Waals surface area contributed by atoms with Crippen molar-refractivity contribution in [3.63, 3.8) is 0 Å². The number of hydrogen-bond donors (Lipinski definition) is 1. The molecule has 5 rings (SSSR count). The zero-order valence-corrected chi connectivity index (χ0v) is 24.1. The van der Waals surface area contributed by atoms with E-state index in [2.05, 4.69) is 0 Å². The fraction of sp³-hybridized carbons (Fsp3) is 0.613. The van der Waals surface area contributed by atoms with Crippen LogP contribution < -0.4 is 0 Å². The molecule has 1 saturated heterocycles. The van der Waals surface area contributed by atoms with E-state index in [1.807, 2.05) is 13.8 Å². The van der Waals surface area contributed by atoms with Gasteiger partial charge in [0.05, 0.1) is 29.6 Å². The molecule has 2 saturated carbocycles. The standard InChI is InChI=1S/C31H37FO9/c1-15-20(35)12-19-24(40-28(37)18-10-8-7-9-11-18)26-30(6,21(32)13-22-31(26,14-38-22)41-17(3)34)27(36)25(39-16(2)33)23(15)29(19,4)5/h7-11,19-22,24-26,35H,12-14H2,1-6H3/t19?,20-,21?,22+,24+,25+,26?,30+,31-/m0/s1. The number of ether oxygens (including phenoxy) is 4. The number of carbonyl (C=O) groups excluding carboxylic acids is 4. The predicted octanol–water partition coefficient (Wildman–Crippen LogP) is 3.51. The Morgan fingerprint density at radius 2 is 1.68 bits per heavy atom. The van der Waals surface area contributed by atoms with Crippen molar-refractivity contribution >= 4 is 23.7 Å². The summed E-state index contributed by atoms with van der Waals surface area (Å²) in [5, 5.41) is 11.3. The largest absolute Gasteiger partial charge is 0.458 e. The highest BCUT2D eigenvalue weighted by molar-refractivity contribution is 5.95. The molecule has 1 aromatic rings. The van der Waals surface area contributed by atoms with Crippen molar-refractivity contribution in [1.82, 2.24) is 0 Å². The summed E-state index contributed by atoms with van der Waals surface area (Å²) in [5.74, 6) is -4.73. The SMILES string of the molecule is CC(=O)O[C@H]1C(=O)[C@]2(C)C(F)C[C@H]3OC[C@@]3(OC(C)=O)C2[C@H](OC(=O)c2ccccc2)C2C[C@H](O)C(C)=C1C2(C)C. The summed E-state index contributed by atoms with van der Waals surface area (Å²) < 4.78 is 40.1. The molecular formula is C31H37FO9. The number of hydrogen-bond acceptors (Lipinski definition) is 9. The Balaban J connectivity index is 1.79. The lowest BCUT2D eigenvalue weighted by Crippen LogP contribution is -2.79. The monoisotopic (exact) mass is 572 g/mol. The average Bonchev–Trinajstić information content (AvgIpc) is 2.89. The Morgan fingerprint density at radius 3 is 2.24 bits per heavy atom. The first-order valence-corrected chi connectivity index (χ1v) is 14.0. The van der Waals surface area contributed by atoms with Gasteiger partial charge in [-0.2, -0.15) is 0 Å². The smallest absolute Gasteiger partial charge is 0.338 e. The molecule has 1 N–H and O–H groups in total. The van der Waals surface area contributed by atoms with Crippen LogP contribution in [0.3, 0.4) is 0 Å². The number of fused-ring (bicyclic) bond motifs is 5. The summed E-state index contributed by atoms with van der Waals surface area (Å²) in [6, 6.07) is 8.27. The number of Topliss-reactive ketones (excluding diaryl/α,β-unsaturated/α-hetero) is 1. The lowest BCUT2D eigenvalue weighted by atomic mass is 9.46. The fourth-order valence-corrected chi connectivity index (χ4v) is 7.94. The first kappa shape index (κ1) is 29.4. The highest BCUT2D eigenvalue weighted by Crippen LogP contribution is 2.63. The molecule has 1 aromatic carbocycles. The van der Waals surface area contributed by atoms with Crippen LogP contribution in [0.5, 0.6) is 0 Å². The van der Waals surface area contributed by atoms with Crippen molar-refractivity contribution in [2.45, 2.75) is 90.6 Å². The third-order valence-corrected chi connectivity index (χ3v) is 9.95. The number of benzene rings is 1. The maximum Gasteiger partial charge on any atom is 0.338 e. The van der Waals surface area contributed by atoms with Crippen LogP contribution in [0, 0.1) is 22.7 Å². The average molecular weight is 573 g/mol. The summed E-state index contributed by atoms with van der Waals surface area (Å²) in [7, 11) is 0. The van der Waals surface area contributed by atoms with Crippen molar-refractivity contribution in [3.05, 3.63) is 47.0 Å². The van der Waals surface area contributed by atoms with Crippen LogP contribution in [-0.2, 0) is 33.3 Å². The molecule has 1 heterocycles. The highest BCUT2D eigenvalue weighted by Gasteiger charge is 2.76. The highest BCUT2D eigenvalue weighted by atomic mass is 19.1. The van der Waals surface area contributed by atoms with Crippen molar-refractivity contribution in [3.8, 4) is 0 Å². The first-order chi connectivity index (χ1) is 19.2. The van der Waals surface area contributed by atoms with Crippen molar-refractivity contribution in [1.29, 1.82) is 0 Å². The minimum absolute atomic E-state index is 0.112. The summed E-state index contributed by atoms with van der Waals surface area (Å²) in [4.78, 5) is 53.2. The molecule has 1 aliphatic heterocycles. The van der Waals surface area contributed by atoms with E-state index >= 15 is 4.39 Å². The number of ketones is 1. The molecule has 9 atom stereocenters. The van der Waals surface area contributed by atoms with Crippen molar-refractivity contribution < 1.29 is 47.6 Å². The van der Waals surface area contributed by atoms with Gasteiger partial charge in [0.15, 0.2) is 17.5 Å². The molecule has 4 aliphatic rings. The number of halogens is 1. The Hall–Kier alpha value is -3.11. The van der Waals surface area contributed by atoms with Crippen LogP contribution in [0.2, 0.25) is 0 Å². The normalized spacial score (nSPS) is 39.2. The maximum atomic E-state index is 16.5. The van der Waals surface area contributed by atoms with Gasteiger partial charge in [-0.3, -0.25) is 14.4 Å². The summed E-state index contributed by atoms with van der Waals surface area (Å²) in [6.07, 6.45) is -6.56. The topological polar surface area (TPSA) is 125 Å². The van der Waals surface area contributed by atoms with Crippen LogP contribution in [-0.4, -0.2) is 71.6 Å². The van der Waals surface area contributed by atoms with Gasteiger partial charge in [-0.25, -0.2) is 9.18 Å². The van der Waals surface area contributed by atoms with Crippen LogP contribution >= 0.6 is 0 Å². The second-order valence-corrected chi connectivity index (χ2v) is 12.6. The molecule has 2 bridgehead atoms. The third kappa shape index (κ3) is 4.33. The molecule has 3 aliphatic carbocycles. The van der Waals surface area contributed by atoms with Gasteiger partial charge in [0.2, 0.25) is 0 Å². The lowest BCUT2D eigenvalue weighted by Gasteiger charge is -2.65. The summed E-state index contributed by atoms with van der Waals surface area (Å²) in [6.45, 7) is 9.02. The molecule has 3 unspecified atom stereocenters. The van der Waals surface area contributed by atoms with E-state index in [1.54, 1.807) is 37.3 Å². The molecule has 0 aromatic heterocycles. The van der Waals surface area contributed by atoms with E-state index in [1.165, 1.54) is 20.8 Å². The van der Waals surface area contributed by atoms with E-state index in [9.17, 15) is 24.3 Å². The quantitative estimate of drug-likeness (QED) is 0.328. The Labute approximate surface area is 238 Å². The van der Waals surface area contributed by atoms with E-state index in [0.29, 0.717) is 11.1 Å². The third-order valence-electron chi connectivity index (χ3n) is 9.95. The number of carbonyl (C=O) groups is 4. The van der Waals surface area contributed by atoms with E-state index < -0.39 is 82.5 Å². The Kier molecular flexibility index (Phi) is 7.18. The molecule has 9 nitrogen and oxygen atoms in total. The van der Waals surface area contributed by atoms with Gasteiger partial charge in [-0.15, -0.1) is 0 Å². The van der Waals surface area contributed by atoms with Gasteiger partial charge in [-0.05, 0) is 49.0 Å². The molecule has 0 amide bonds. The number of rotatable bonds is 4.